The van der Waals surface area contributed by atoms with E-state index < -0.39 is 30.0 Å². The molecule has 0 aliphatic rings. The van der Waals surface area contributed by atoms with Crippen LogP contribution in [0.1, 0.15) is 41.0 Å². The van der Waals surface area contributed by atoms with E-state index in [0.717, 1.165) is 0 Å². The molecule has 2 atom stereocenters. The van der Waals surface area contributed by atoms with Crippen molar-refractivity contribution in [3.05, 3.63) is 0 Å². The van der Waals surface area contributed by atoms with Crippen LogP contribution >= 0.6 is 0 Å². The predicted octanol–water partition coefficient (Wildman–Crippen LogP) is 2.85. The minimum atomic E-state index is -4.78. The lowest BCUT2D eigenvalue weighted by molar-refractivity contribution is -0.212. The standard InChI is InChI=1S/C12H22F3NO3/c1-7(2)6-8(9(17)12(13,14)15)16-10(18)19-11(3,4)5/h7-9,17H,6H2,1-5H3,(H,16,18). The van der Waals surface area contributed by atoms with Gasteiger partial charge in [0.1, 0.15) is 5.60 Å². The number of nitrogens with one attached hydrogen (secondary N) is 1. The van der Waals surface area contributed by atoms with Crippen LogP contribution in [0.5, 0.6) is 0 Å². The van der Waals surface area contributed by atoms with Crippen molar-refractivity contribution >= 4 is 6.09 Å². The Morgan fingerprint density at radius 3 is 2.05 bits per heavy atom. The summed E-state index contributed by atoms with van der Waals surface area (Å²) < 4.78 is 42.4. The van der Waals surface area contributed by atoms with Gasteiger partial charge >= 0.3 is 12.3 Å². The molecule has 7 heteroatoms. The van der Waals surface area contributed by atoms with Crippen LogP contribution in [-0.4, -0.2) is 35.1 Å². The van der Waals surface area contributed by atoms with Gasteiger partial charge in [-0.15, -0.1) is 0 Å². The van der Waals surface area contributed by atoms with Crippen LogP contribution < -0.4 is 5.32 Å². The molecule has 2 unspecified atom stereocenters. The molecule has 0 aliphatic heterocycles. The normalized spacial score (nSPS) is 16.1. The van der Waals surface area contributed by atoms with Crippen molar-refractivity contribution in [3.63, 3.8) is 0 Å². The Bertz CT molecular complexity index is 298. The maximum absolute atomic E-state index is 12.5. The lowest BCUT2D eigenvalue weighted by Crippen LogP contribution is -2.51. The molecule has 4 nitrogen and oxygen atoms in total. The van der Waals surface area contributed by atoms with E-state index in [1.807, 2.05) is 0 Å². The average molecular weight is 285 g/mol. The molecule has 19 heavy (non-hydrogen) atoms. The van der Waals surface area contributed by atoms with E-state index in [2.05, 4.69) is 5.32 Å². The SMILES string of the molecule is CC(C)CC(NC(=O)OC(C)(C)C)C(O)C(F)(F)F. The van der Waals surface area contributed by atoms with Gasteiger partial charge in [-0.25, -0.2) is 4.79 Å². The monoisotopic (exact) mass is 285 g/mol. The lowest BCUT2D eigenvalue weighted by atomic mass is 9.99. The van der Waals surface area contributed by atoms with Gasteiger partial charge in [0.25, 0.3) is 0 Å². The van der Waals surface area contributed by atoms with Crippen molar-refractivity contribution < 1.29 is 27.8 Å². The first kappa shape index (κ1) is 18.0. The molecule has 0 aromatic rings. The van der Waals surface area contributed by atoms with E-state index in [1.165, 1.54) is 0 Å². The van der Waals surface area contributed by atoms with Crippen LogP contribution in [0.15, 0.2) is 0 Å². The Morgan fingerprint density at radius 2 is 1.74 bits per heavy atom. The van der Waals surface area contributed by atoms with Crippen molar-refractivity contribution in [3.8, 4) is 0 Å². The van der Waals surface area contributed by atoms with E-state index >= 15 is 0 Å². The number of carbonyl (C=O) groups is 1. The Kier molecular flexibility index (Phi) is 6.12. The number of halogens is 3. The number of rotatable bonds is 4. The smallest absolute Gasteiger partial charge is 0.416 e. The topological polar surface area (TPSA) is 58.6 Å². The molecule has 1 amide bonds. The van der Waals surface area contributed by atoms with Crippen molar-refractivity contribution in [2.45, 2.75) is 65.0 Å². The molecule has 0 rings (SSSR count). The molecule has 0 aromatic heterocycles. The quantitative estimate of drug-likeness (QED) is 0.835. The fourth-order valence-corrected chi connectivity index (χ4v) is 1.46. The Balaban J connectivity index is 4.74. The second-order valence-electron chi connectivity index (χ2n) is 5.87. The van der Waals surface area contributed by atoms with E-state index in [0.29, 0.717) is 0 Å². The van der Waals surface area contributed by atoms with Crippen molar-refractivity contribution in [1.82, 2.24) is 5.32 Å². The highest BCUT2D eigenvalue weighted by Gasteiger charge is 2.44. The summed E-state index contributed by atoms with van der Waals surface area (Å²) in [5, 5.41) is 11.3. The highest BCUT2D eigenvalue weighted by Crippen LogP contribution is 2.25. The summed E-state index contributed by atoms with van der Waals surface area (Å²) in [7, 11) is 0. The average Bonchev–Trinajstić information content (AvgIpc) is 2.09. The van der Waals surface area contributed by atoms with Gasteiger partial charge in [-0.05, 0) is 33.1 Å². The fourth-order valence-electron chi connectivity index (χ4n) is 1.46. The highest BCUT2D eigenvalue weighted by molar-refractivity contribution is 5.68. The second kappa shape index (κ2) is 6.45. The van der Waals surface area contributed by atoms with E-state index in [1.54, 1.807) is 34.6 Å². The summed E-state index contributed by atoms with van der Waals surface area (Å²) in [6.45, 7) is 8.21. The zero-order chi connectivity index (χ0) is 15.4. The number of aliphatic hydroxyl groups is 1. The van der Waals surface area contributed by atoms with Crippen LogP contribution in [-0.2, 0) is 4.74 Å². The summed E-state index contributed by atoms with van der Waals surface area (Å²) in [6.07, 6.45) is -8.36. The predicted molar refractivity (Wildman–Crippen MR) is 64.7 cm³/mol. The Labute approximate surface area is 111 Å². The minimum Gasteiger partial charge on any atom is -0.444 e. The van der Waals surface area contributed by atoms with Gasteiger partial charge in [0.2, 0.25) is 0 Å². The molecule has 0 heterocycles. The molecular formula is C12H22F3NO3. The molecule has 0 saturated carbocycles. The Morgan fingerprint density at radius 1 is 1.26 bits per heavy atom. The van der Waals surface area contributed by atoms with Gasteiger partial charge in [-0.1, -0.05) is 13.8 Å². The first-order valence-corrected chi connectivity index (χ1v) is 6.07. The first-order chi connectivity index (χ1) is 8.33. The Hall–Kier alpha value is -0.980. The van der Waals surface area contributed by atoms with Crippen LogP contribution in [0.2, 0.25) is 0 Å². The number of alkyl carbamates (subject to hydrolysis) is 1. The van der Waals surface area contributed by atoms with E-state index in [4.69, 9.17) is 4.74 Å². The zero-order valence-corrected chi connectivity index (χ0v) is 11.8. The molecule has 0 saturated heterocycles. The zero-order valence-electron chi connectivity index (χ0n) is 11.8. The number of hydrogen-bond donors (Lipinski definition) is 2. The van der Waals surface area contributed by atoms with Gasteiger partial charge in [-0.3, -0.25) is 0 Å². The molecular weight excluding hydrogens is 263 g/mol. The van der Waals surface area contributed by atoms with Gasteiger partial charge < -0.3 is 15.2 Å². The van der Waals surface area contributed by atoms with Crippen LogP contribution in [0.4, 0.5) is 18.0 Å². The number of ether oxygens (including phenoxy) is 1. The van der Waals surface area contributed by atoms with E-state index in [-0.39, 0.29) is 12.3 Å². The van der Waals surface area contributed by atoms with Crippen LogP contribution in [0, 0.1) is 5.92 Å². The summed E-state index contributed by atoms with van der Waals surface area (Å²) in [4.78, 5) is 11.5. The third-order valence-corrected chi connectivity index (χ3v) is 2.14. The van der Waals surface area contributed by atoms with Gasteiger partial charge in [0.15, 0.2) is 6.10 Å². The fraction of sp³-hybridized carbons (Fsp3) is 0.917. The molecule has 114 valence electrons. The third-order valence-electron chi connectivity index (χ3n) is 2.14. The second-order valence-corrected chi connectivity index (χ2v) is 5.87. The maximum atomic E-state index is 12.5. The number of carbonyl (C=O) groups excluding carboxylic acids is 1. The maximum Gasteiger partial charge on any atom is 0.416 e. The number of aliphatic hydroxyl groups excluding tert-OH is 1. The number of alkyl halides is 3. The summed E-state index contributed by atoms with van der Waals surface area (Å²) >= 11 is 0. The number of hydrogen-bond acceptors (Lipinski definition) is 3. The van der Waals surface area contributed by atoms with Gasteiger partial charge in [0, 0.05) is 0 Å². The lowest BCUT2D eigenvalue weighted by Gasteiger charge is -2.28. The number of amides is 1. The molecule has 0 aliphatic carbocycles. The molecule has 2 N–H and O–H groups in total. The largest absolute Gasteiger partial charge is 0.444 e. The van der Waals surface area contributed by atoms with Crippen LogP contribution in [0.25, 0.3) is 0 Å². The molecule has 0 fully saturated rings. The molecule has 0 spiro atoms. The first-order valence-electron chi connectivity index (χ1n) is 6.07. The summed E-state index contributed by atoms with van der Waals surface area (Å²) in [5.41, 5.74) is -0.810. The van der Waals surface area contributed by atoms with Crippen molar-refractivity contribution in [1.29, 1.82) is 0 Å². The molecule has 0 radical (unpaired) electrons. The van der Waals surface area contributed by atoms with E-state index in [9.17, 15) is 23.1 Å². The van der Waals surface area contributed by atoms with Gasteiger partial charge in [-0.2, -0.15) is 13.2 Å². The third kappa shape index (κ3) is 7.92. The highest BCUT2D eigenvalue weighted by atomic mass is 19.4. The summed E-state index contributed by atoms with van der Waals surface area (Å²) in [5.74, 6) is -0.114. The molecule has 0 bridgehead atoms. The van der Waals surface area contributed by atoms with Gasteiger partial charge in [0.05, 0.1) is 6.04 Å². The minimum absolute atomic E-state index is 0.0000798. The summed E-state index contributed by atoms with van der Waals surface area (Å²) in [6, 6.07) is -1.42. The molecule has 0 aromatic carbocycles. The van der Waals surface area contributed by atoms with Crippen molar-refractivity contribution in [2.24, 2.45) is 5.92 Å². The van der Waals surface area contributed by atoms with Crippen LogP contribution in [0.3, 0.4) is 0 Å². The van der Waals surface area contributed by atoms with Crippen molar-refractivity contribution in [2.75, 3.05) is 0 Å².